The first kappa shape index (κ1) is 15.8. The number of fused-ring (bicyclic) bond motifs is 2. The van der Waals surface area contributed by atoms with Crippen LogP contribution in [0.3, 0.4) is 0 Å². The number of nitrogens with zero attached hydrogens (tertiary/aromatic N) is 1. The van der Waals surface area contributed by atoms with Crippen LogP contribution >= 0.6 is 0 Å². The number of imide groups is 1. The van der Waals surface area contributed by atoms with Gasteiger partial charge in [-0.2, -0.15) is 0 Å². The van der Waals surface area contributed by atoms with Crippen molar-refractivity contribution in [1.29, 1.82) is 0 Å². The molecule has 2 aromatic rings. The maximum Gasteiger partial charge on any atom is 0.325 e. The Bertz CT molecular complexity index is 975. The SMILES string of the molecule is C[C@@]1(c2ccc3c(c2)OCO3)NC(=O)N(Cc2ccc3c(c2)OCO3)C1=O. The van der Waals surface area contributed by atoms with E-state index in [1.807, 2.05) is 6.07 Å². The molecule has 3 aliphatic heterocycles. The van der Waals surface area contributed by atoms with Crippen LogP contribution in [-0.4, -0.2) is 30.4 Å². The molecule has 1 fully saturated rings. The van der Waals surface area contributed by atoms with Gasteiger partial charge in [-0.15, -0.1) is 0 Å². The number of ether oxygens (including phenoxy) is 4. The summed E-state index contributed by atoms with van der Waals surface area (Å²) in [5.41, 5.74) is 0.241. The summed E-state index contributed by atoms with van der Waals surface area (Å²) in [4.78, 5) is 26.8. The number of rotatable bonds is 3. The molecule has 1 atom stereocenters. The topological polar surface area (TPSA) is 86.3 Å². The monoisotopic (exact) mass is 368 g/mol. The van der Waals surface area contributed by atoms with Gasteiger partial charge in [-0.25, -0.2) is 4.79 Å². The van der Waals surface area contributed by atoms with Crippen molar-refractivity contribution in [3.8, 4) is 23.0 Å². The Kier molecular flexibility index (Phi) is 3.24. The molecule has 8 nitrogen and oxygen atoms in total. The summed E-state index contributed by atoms with van der Waals surface area (Å²) in [5.74, 6) is 2.12. The van der Waals surface area contributed by atoms with E-state index in [0.29, 0.717) is 28.6 Å². The molecule has 5 rings (SSSR count). The van der Waals surface area contributed by atoms with Crippen molar-refractivity contribution in [1.82, 2.24) is 10.2 Å². The maximum atomic E-state index is 13.1. The van der Waals surface area contributed by atoms with Crippen molar-refractivity contribution in [3.63, 3.8) is 0 Å². The molecule has 0 bridgehead atoms. The lowest BCUT2D eigenvalue weighted by atomic mass is 9.91. The average Bonchev–Trinajstić information content (AvgIpc) is 3.36. The predicted molar refractivity (Wildman–Crippen MR) is 91.6 cm³/mol. The van der Waals surface area contributed by atoms with E-state index in [2.05, 4.69) is 5.32 Å². The van der Waals surface area contributed by atoms with Crippen molar-refractivity contribution in [2.45, 2.75) is 19.0 Å². The number of nitrogens with one attached hydrogen (secondary N) is 1. The summed E-state index contributed by atoms with van der Waals surface area (Å²) < 4.78 is 21.3. The highest BCUT2D eigenvalue weighted by Crippen LogP contribution is 2.38. The number of hydrogen-bond acceptors (Lipinski definition) is 6. The third-order valence-electron chi connectivity index (χ3n) is 5.00. The van der Waals surface area contributed by atoms with Crippen molar-refractivity contribution < 1.29 is 28.5 Å². The van der Waals surface area contributed by atoms with Gasteiger partial charge < -0.3 is 24.3 Å². The second kappa shape index (κ2) is 5.54. The highest BCUT2D eigenvalue weighted by molar-refractivity contribution is 6.07. The molecule has 3 heterocycles. The highest BCUT2D eigenvalue weighted by atomic mass is 16.7. The second-order valence-electron chi connectivity index (χ2n) is 6.70. The minimum Gasteiger partial charge on any atom is -0.454 e. The average molecular weight is 368 g/mol. The predicted octanol–water partition coefficient (Wildman–Crippen LogP) is 2.11. The number of urea groups is 1. The second-order valence-corrected chi connectivity index (χ2v) is 6.70. The van der Waals surface area contributed by atoms with Crippen molar-refractivity contribution >= 4 is 11.9 Å². The van der Waals surface area contributed by atoms with Gasteiger partial charge in [0.05, 0.1) is 6.54 Å². The van der Waals surface area contributed by atoms with Gasteiger partial charge in [0.1, 0.15) is 5.54 Å². The maximum absolute atomic E-state index is 13.1. The molecule has 0 aliphatic carbocycles. The van der Waals surface area contributed by atoms with Gasteiger partial charge in [0, 0.05) is 0 Å². The molecule has 3 amide bonds. The van der Waals surface area contributed by atoms with Crippen LogP contribution < -0.4 is 24.3 Å². The van der Waals surface area contributed by atoms with E-state index in [-0.39, 0.29) is 26.0 Å². The van der Waals surface area contributed by atoms with Gasteiger partial charge in [0.2, 0.25) is 13.6 Å². The molecular formula is C19H16N2O6. The molecule has 0 aromatic heterocycles. The highest BCUT2D eigenvalue weighted by Gasteiger charge is 2.49. The zero-order valence-electron chi connectivity index (χ0n) is 14.5. The molecular weight excluding hydrogens is 352 g/mol. The van der Waals surface area contributed by atoms with Gasteiger partial charge in [0.25, 0.3) is 5.91 Å². The third-order valence-corrected chi connectivity index (χ3v) is 5.00. The van der Waals surface area contributed by atoms with Crippen LogP contribution in [0.2, 0.25) is 0 Å². The molecule has 138 valence electrons. The van der Waals surface area contributed by atoms with Crippen molar-refractivity contribution in [2.24, 2.45) is 0 Å². The Morgan fingerprint density at radius 1 is 0.926 bits per heavy atom. The van der Waals surface area contributed by atoms with E-state index in [1.165, 1.54) is 4.90 Å². The molecule has 0 spiro atoms. The number of benzene rings is 2. The minimum absolute atomic E-state index is 0.140. The standard InChI is InChI=1S/C19H16N2O6/c1-19(12-3-5-14-16(7-12)27-10-25-14)17(22)21(18(23)20-19)8-11-2-4-13-15(6-11)26-9-24-13/h2-7H,8-10H2,1H3,(H,20,23)/t19-/m0/s1. The van der Waals surface area contributed by atoms with Crippen molar-refractivity contribution in [3.05, 3.63) is 47.5 Å². The lowest BCUT2D eigenvalue weighted by molar-refractivity contribution is -0.131. The van der Waals surface area contributed by atoms with Crippen LogP contribution in [0.1, 0.15) is 18.1 Å². The summed E-state index contributed by atoms with van der Waals surface area (Å²) in [5, 5.41) is 2.80. The van der Waals surface area contributed by atoms with Crippen LogP contribution in [0.25, 0.3) is 0 Å². The van der Waals surface area contributed by atoms with E-state index < -0.39 is 11.6 Å². The Balaban J connectivity index is 1.42. The zero-order valence-corrected chi connectivity index (χ0v) is 14.5. The van der Waals surface area contributed by atoms with E-state index in [1.54, 1.807) is 37.3 Å². The summed E-state index contributed by atoms with van der Waals surface area (Å²) in [6, 6.07) is 10.1. The van der Waals surface area contributed by atoms with E-state index in [4.69, 9.17) is 18.9 Å². The number of carbonyl (C=O) groups excluding carboxylic acids is 2. The molecule has 1 N–H and O–H groups in total. The normalized spacial score (nSPS) is 22.3. The van der Waals surface area contributed by atoms with Crippen LogP contribution in [0, 0.1) is 0 Å². The molecule has 2 aromatic carbocycles. The van der Waals surface area contributed by atoms with Crippen LogP contribution in [0.5, 0.6) is 23.0 Å². The Morgan fingerprint density at radius 2 is 1.56 bits per heavy atom. The largest absolute Gasteiger partial charge is 0.454 e. The Labute approximate surface area is 154 Å². The Morgan fingerprint density at radius 3 is 2.30 bits per heavy atom. The van der Waals surface area contributed by atoms with Gasteiger partial charge in [-0.1, -0.05) is 12.1 Å². The summed E-state index contributed by atoms with van der Waals surface area (Å²) in [7, 11) is 0. The first-order valence-corrected chi connectivity index (χ1v) is 8.47. The van der Waals surface area contributed by atoms with Gasteiger partial charge >= 0.3 is 6.03 Å². The molecule has 27 heavy (non-hydrogen) atoms. The van der Waals surface area contributed by atoms with Gasteiger partial charge in [-0.05, 0) is 42.3 Å². The minimum atomic E-state index is -1.17. The lowest BCUT2D eigenvalue weighted by Crippen LogP contribution is -2.40. The molecule has 0 unspecified atom stereocenters. The molecule has 8 heteroatoms. The first-order valence-electron chi connectivity index (χ1n) is 8.47. The molecule has 1 saturated heterocycles. The fourth-order valence-corrected chi connectivity index (χ4v) is 3.47. The molecule has 0 saturated carbocycles. The van der Waals surface area contributed by atoms with Crippen LogP contribution in [0.15, 0.2) is 36.4 Å². The third kappa shape index (κ3) is 2.37. The van der Waals surface area contributed by atoms with E-state index >= 15 is 0 Å². The first-order chi connectivity index (χ1) is 13.0. The zero-order chi connectivity index (χ0) is 18.6. The van der Waals surface area contributed by atoms with Gasteiger partial charge in [0.15, 0.2) is 23.0 Å². The number of hydrogen-bond donors (Lipinski definition) is 1. The lowest BCUT2D eigenvalue weighted by Gasteiger charge is -2.22. The Hall–Kier alpha value is -3.42. The fourth-order valence-electron chi connectivity index (χ4n) is 3.47. The fraction of sp³-hybridized carbons (Fsp3) is 0.263. The number of amides is 3. The summed E-state index contributed by atoms with van der Waals surface area (Å²) >= 11 is 0. The van der Waals surface area contributed by atoms with Gasteiger partial charge in [-0.3, -0.25) is 9.69 Å². The summed E-state index contributed by atoms with van der Waals surface area (Å²) in [6.45, 7) is 2.14. The van der Waals surface area contributed by atoms with E-state index in [0.717, 1.165) is 5.56 Å². The molecule has 3 aliphatic rings. The quantitative estimate of drug-likeness (QED) is 0.835. The van der Waals surface area contributed by atoms with E-state index in [9.17, 15) is 9.59 Å². The van der Waals surface area contributed by atoms with Crippen LogP contribution in [0.4, 0.5) is 4.79 Å². The van der Waals surface area contributed by atoms with Crippen LogP contribution in [-0.2, 0) is 16.9 Å². The smallest absolute Gasteiger partial charge is 0.325 e. The molecule has 0 radical (unpaired) electrons. The summed E-state index contributed by atoms with van der Waals surface area (Å²) in [6.07, 6.45) is 0. The number of carbonyl (C=O) groups is 2. The van der Waals surface area contributed by atoms with Crippen molar-refractivity contribution in [2.75, 3.05) is 13.6 Å².